The Labute approximate surface area is 149 Å². The van der Waals surface area contributed by atoms with Crippen LogP contribution in [-0.4, -0.2) is 41.0 Å². The smallest absolute Gasteiger partial charge is 0.290 e. The van der Waals surface area contributed by atoms with Gasteiger partial charge in [0.05, 0.1) is 17.7 Å². The maximum Gasteiger partial charge on any atom is 0.290 e. The van der Waals surface area contributed by atoms with Crippen LogP contribution in [0.1, 0.15) is 45.7 Å². The van der Waals surface area contributed by atoms with Gasteiger partial charge in [0.1, 0.15) is 0 Å². The van der Waals surface area contributed by atoms with Crippen LogP contribution in [0.25, 0.3) is 0 Å². The minimum absolute atomic E-state index is 0.129. The largest absolute Gasteiger partial charge is 0.503 e. The van der Waals surface area contributed by atoms with Gasteiger partial charge in [-0.25, -0.2) is 0 Å². The molecule has 0 saturated carbocycles. The summed E-state index contributed by atoms with van der Waals surface area (Å²) in [5.41, 5.74) is 1.03. The van der Waals surface area contributed by atoms with Crippen LogP contribution in [0.15, 0.2) is 41.7 Å². The summed E-state index contributed by atoms with van der Waals surface area (Å²) in [5, 5.41) is 10.4. The topological polar surface area (TPSA) is 66.8 Å². The number of carbonyl (C=O) groups excluding carboxylic acids is 2. The molecule has 136 valence electrons. The van der Waals surface area contributed by atoms with Crippen molar-refractivity contribution in [2.75, 3.05) is 13.2 Å². The zero-order chi connectivity index (χ0) is 18.6. The Morgan fingerprint density at radius 3 is 2.40 bits per heavy atom. The number of amides is 1. The molecule has 2 rings (SSSR count). The lowest BCUT2D eigenvalue weighted by atomic mass is 9.91. The van der Waals surface area contributed by atoms with Crippen LogP contribution in [0.5, 0.6) is 0 Å². The summed E-state index contributed by atoms with van der Waals surface area (Å²) in [6.07, 6.45) is 0.771. The number of benzene rings is 1. The predicted octanol–water partition coefficient (Wildman–Crippen LogP) is 3.42. The summed E-state index contributed by atoms with van der Waals surface area (Å²) in [6.45, 7) is 8.41. The van der Waals surface area contributed by atoms with E-state index in [1.807, 2.05) is 44.2 Å². The van der Waals surface area contributed by atoms with Crippen molar-refractivity contribution in [1.82, 2.24) is 4.90 Å². The van der Waals surface area contributed by atoms with Crippen LogP contribution in [0.4, 0.5) is 0 Å². The van der Waals surface area contributed by atoms with Crippen molar-refractivity contribution in [2.45, 2.75) is 46.3 Å². The van der Waals surface area contributed by atoms with E-state index >= 15 is 0 Å². The standard InChI is InChI=1S/C20H27NO4/c1-13(2)18(22)16-17(15-9-6-5-7-10-15)21(20(24)19(16)23)11-8-12-25-14(3)4/h5-7,9-10,13-14,17,23H,8,11-12H2,1-4H3. The maximum absolute atomic E-state index is 12.6. The van der Waals surface area contributed by atoms with Gasteiger partial charge in [-0.1, -0.05) is 44.2 Å². The third kappa shape index (κ3) is 4.28. The molecule has 1 aliphatic heterocycles. The van der Waals surface area contributed by atoms with E-state index in [1.54, 1.807) is 18.7 Å². The molecule has 1 unspecified atom stereocenters. The Morgan fingerprint density at radius 2 is 1.84 bits per heavy atom. The molecule has 1 aliphatic rings. The van der Waals surface area contributed by atoms with Gasteiger partial charge in [-0.05, 0) is 25.8 Å². The van der Waals surface area contributed by atoms with Crippen LogP contribution < -0.4 is 0 Å². The molecular formula is C20H27NO4. The second-order valence-corrected chi connectivity index (χ2v) is 6.87. The highest BCUT2D eigenvalue weighted by Crippen LogP contribution is 2.38. The lowest BCUT2D eigenvalue weighted by Gasteiger charge is -2.27. The summed E-state index contributed by atoms with van der Waals surface area (Å²) in [6, 6.07) is 8.83. The fourth-order valence-electron chi connectivity index (χ4n) is 2.98. The third-order valence-corrected chi connectivity index (χ3v) is 4.20. The van der Waals surface area contributed by atoms with E-state index in [9.17, 15) is 14.7 Å². The van der Waals surface area contributed by atoms with Gasteiger partial charge < -0.3 is 14.7 Å². The van der Waals surface area contributed by atoms with Gasteiger partial charge in [-0.15, -0.1) is 0 Å². The molecule has 1 N–H and O–H groups in total. The molecule has 1 aromatic rings. The Bertz CT molecular complexity index is 649. The van der Waals surface area contributed by atoms with Gasteiger partial charge in [0.2, 0.25) is 0 Å². The number of carbonyl (C=O) groups is 2. The Morgan fingerprint density at radius 1 is 1.20 bits per heavy atom. The number of aliphatic hydroxyl groups is 1. The Kier molecular flexibility index (Phi) is 6.37. The molecule has 1 amide bonds. The van der Waals surface area contributed by atoms with Crippen molar-refractivity contribution < 1.29 is 19.4 Å². The first-order valence-electron chi connectivity index (χ1n) is 8.79. The highest BCUT2D eigenvalue weighted by molar-refractivity contribution is 6.09. The molecule has 0 aliphatic carbocycles. The fraction of sp³-hybridized carbons (Fsp3) is 0.500. The second-order valence-electron chi connectivity index (χ2n) is 6.87. The first-order chi connectivity index (χ1) is 11.8. The number of aliphatic hydroxyl groups excluding tert-OH is 1. The molecule has 0 saturated heterocycles. The quantitative estimate of drug-likeness (QED) is 0.733. The summed E-state index contributed by atoms with van der Waals surface area (Å²) < 4.78 is 5.54. The normalized spacial score (nSPS) is 17.9. The predicted molar refractivity (Wildman–Crippen MR) is 96.1 cm³/mol. The summed E-state index contributed by atoms with van der Waals surface area (Å²) in [5.74, 6) is -1.39. The van der Waals surface area contributed by atoms with Crippen LogP contribution in [-0.2, 0) is 14.3 Å². The van der Waals surface area contributed by atoms with Gasteiger partial charge >= 0.3 is 0 Å². The highest BCUT2D eigenvalue weighted by Gasteiger charge is 2.43. The van der Waals surface area contributed by atoms with Crippen LogP contribution in [0.3, 0.4) is 0 Å². The van der Waals surface area contributed by atoms with Crippen LogP contribution in [0, 0.1) is 5.92 Å². The van der Waals surface area contributed by atoms with Gasteiger partial charge in [0.15, 0.2) is 11.5 Å². The first kappa shape index (κ1) is 19.2. The molecule has 5 nitrogen and oxygen atoms in total. The average molecular weight is 345 g/mol. The number of ketones is 1. The zero-order valence-corrected chi connectivity index (χ0v) is 15.4. The third-order valence-electron chi connectivity index (χ3n) is 4.20. The van der Waals surface area contributed by atoms with E-state index in [0.717, 1.165) is 5.56 Å². The van der Waals surface area contributed by atoms with Gasteiger partial charge in [-0.3, -0.25) is 9.59 Å². The molecule has 25 heavy (non-hydrogen) atoms. The van der Waals surface area contributed by atoms with Gasteiger partial charge in [0.25, 0.3) is 5.91 Å². The average Bonchev–Trinajstić information content (AvgIpc) is 2.83. The SMILES string of the molecule is CC(C)OCCCN1C(=O)C(O)=C(C(=O)C(C)C)C1c1ccccc1. The molecule has 0 spiro atoms. The second kappa shape index (κ2) is 8.30. The van der Waals surface area contributed by atoms with E-state index < -0.39 is 17.7 Å². The van der Waals surface area contributed by atoms with Crippen molar-refractivity contribution in [1.29, 1.82) is 0 Å². The first-order valence-corrected chi connectivity index (χ1v) is 8.79. The molecular weight excluding hydrogens is 318 g/mol. The number of rotatable bonds is 8. The zero-order valence-electron chi connectivity index (χ0n) is 15.4. The Balaban J connectivity index is 2.29. The van der Waals surface area contributed by atoms with Gasteiger partial charge in [0, 0.05) is 19.1 Å². The molecule has 1 aromatic carbocycles. The van der Waals surface area contributed by atoms with Crippen molar-refractivity contribution in [3.8, 4) is 0 Å². The van der Waals surface area contributed by atoms with E-state index in [2.05, 4.69) is 0 Å². The Hall–Kier alpha value is -2.14. The van der Waals surface area contributed by atoms with E-state index in [-0.39, 0.29) is 23.4 Å². The summed E-state index contributed by atoms with van der Waals surface area (Å²) >= 11 is 0. The van der Waals surface area contributed by atoms with Crippen molar-refractivity contribution >= 4 is 11.7 Å². The minimum atomic E-state index is -0.539. The number of ether oxygens (including phenoxy) is 1. The number of hydrogen-bond acceptors (Lipinski definition) is 4. The number of hydrogen-bond donors (Lipinski definition) is 1. The number of Topliss-reactive ketones (excluding diaryl/α,β-unsaturated/α-hetero) is 1. The molecule has 0 fully saturated rings. The van der Waals surface area contributed by atoms with E-state index in [1.165, 1.54) is 0 Å². The summed E-state index contributed by atoms with van der Waals surface area (Å²) in [7, 11) is 0. The van der Waals surface area contributed by atoms with Crippen molar-refractivity contribution in [3.05, 3.63) is 47.2 Å². The molecule has 0 aromatic heterocycles. The molecule has 0 bridgehead atoms. The maximum atomic E-state index is 12.6. The van der Waals surface area contributed by atoms with Gasteiger partial charge in [-0.2, -0.15) is 0 Å². The molecule has 0 radical (unpaired) electrons. The lowest BCUT2D eigenvalue weighted by Crippen LogP contribution is -2.33. The molecule has 1 atom stereocenters. The highest BCUT2D eigenvalue weighted by atomic mass is 16.5. The molecule has 5 heteroatoms. The van der Waals surface area contributed by atoms with Crippen molar-refractivity contribution in [2.24, 2.45) is 5.92 Å². The van der Waals surface area contributed by atoms with Crippen LogP contribution >= 0.6 is 0 Å². The van der Waals surface area contributed by atoms with E-state index in [4.69, 9.17) is 4.74 Å². The molecule has 1 heterocycles. The minimum Gasteiger partial charge on any atom is -0.503 e. The van der Waals surface area contributed by atoms with Crippen molar-refractivity contribution in [3.63, 3.8) is 0 Å². The summed E-state index contributed by atoms with van der Waals surface area (Å²) in [4.78, 5) is 26.8. The monoisotopic (exact) mass is 345 g/mol. The van der Waals surface area contributed by atoms with Crippen LogP contribution in [0.2, 0.25) is 0 Å². The lowest BCUT2D eigenvalue weighted by molar-refractivity contribution is -0.129. The van der Waals surface area contributed by atoms with E-state index in [0.29, 0.717) is 19.6 Å². The number of nitrogens with zero attached hydrogens (tertiary/aromatic N) is 1. The fourth-order valence-corrected chi connectivity index (χ4v) is 2.98.